The molecule has 4 nitrogen and oxygen atoms in total. The zero-order valence-corrected chi connectivity index (χ0v) is 6.33. The van der Waals surface area contributed by atoms with E-state index in [1.54, 1.807) is 6.07 Å². The lowest BCUT2D eigenvalue weighted by Crippen LogP contribution is -2.02. The molecule has 0 aliphatic rings. The molecule has 0 aliphatic heterocycles. The van der Waals surface area contributed by atoms with Crippen molar-refractivity contribution in [3.8, 4) is 0 Å². The van der Waals surface area contributed by atoms with E-state index in [1.165, 1.54) is 6.33 Å². The van der Waals surface area contributed by atoms with Crippen LogP contribution in [0.2, 0.25) is 0 Å². The highest BCUT2D eigenvalue weighted by atomic mass is 14.9. The van der Waals surface area contributed by atoms with Crippen LogP contribution in [-0.2, 0) is 6.42 Å². The van der Waals surface area contributed by atoms with Crippen LogP contribution >= 0.6 is 0 Å². The third kappa shape index (κ3) is 2.51. The SMILES string of the molecule is NCCCc1cc(N)ncn1. The lowest BCUT2D eigenvalue weighted by molar-refractivity contribution is 0.806. The molecule has 1 rings (SSSR count). The van der Waals surface area contributed by atoms with Gasteiger partial charge in [-0.15, -0.1) is 0 Å². The molecule has 0 fully saturated rings. The molecule has 0 atom stereocenters. The number of nitrogens with two attached hydrogens (primary N) is 2. The zero-order chi connectivity index (χ0) is 8.10. The monoisotopic (exact) mass is 152 g/mol. The van der Waals surface area contributed by atoms with Crippen LogP contribution in [0.4, 0.5) is 5.82 Å². The van der Waals surface area contributed by atoms with Crippen LogP contribution in [-0.4, -0.2) is 16.5 Å². The Kier molecular flexibility index (Phi) is 2.80. The summed E-state index contributed by atoms with van der Waals surface area (Å²) in [4.78, 5) is 7.81. The summed E-state index contributed by atoms with van der Waals surface area (Å²) >= 11 is 0. The Balaban J connectivity index is 2.56. The van der Waals surface area contributed by atoms with E-state index in [0.717, 1.165) is 18.5 Å². The lowest BCUT2D eigenvalue weighted by atomic mass is 10.2. The molecule has 0 bridgehead atoms. The number of hydrogen-bond acceptors (Lipinski definition) is 4. The fourth-order valence-corrected chi connectivity index (χ4v) is 0.835. The predicted octanol–water partition coefficient (Wildman–Crippen LogP) is -0.0499. The number of hydrogen-bond donors (Lipinski definition) is 2. The van der Waals surface area contributed by atoms with Gasteiger partial charge in [-0.1, -0.05) is 0 Å². The lowest BCUT2D eigenvalue weighted by Gasteiger charge is -1.97. The minimum atomic E-state index is 0.520. The van der Waals surface area contributed by atoms with Gasteiger partial charge in [-0.05, 0) is 19.4 Å². The molecular formula is C7H12N4. The Morgan fingerprint density at radius 2 is 2.18 bits per heavy atom. The summed E-state index contributed by atoms with van der Waals surface area (Å²) in [5.41, 5.74) is 11.7. The quantitative estimate of drug-likeness (QED) is 0.636. The van der Waals surface area contributed by atoms with Crippen molar-refractivity contribution in [1.29, 1.82) is 0 Å². The number of anilines is 1. The Bertz CT molecular complexity index is 223. The van der Waals surface area contributed by atoms with Gasteiger partial charge in [-0.25, -0.2) is 9.97 Å². The fourth-order valence-electron chi connectivity index (χ4n) is 0.835. The first-order chi connectivity index (χ1) is 5.33. The van der Waals surface area contributed by atoms with Crippen molar-refractivity contribution in [2.45, 2.75) is 12.8 Å². The van der Waals surface area contributed by atoms with Crippen molar-refractivity contribution in [3.05, 3.63) is 18.1 Å². The molecule has 4 heteroatoms. The molecule has 0 aromatic carbocycles. The molecule has 1 aromatic heterocycles. The van der Waals surface area contributed by atoms with Crippen molar-refractivity contribution in [3.63, 3.8) is 0 Å². The van der Waals surface area contributed by atoms with Gasteiger partial charge in [0, 0.05) is 11.8 Å². The predicted molar refractivity (Wildman–Crippen MR) is 43.8 cm³/mol. The van der Waals surface area contributed by atoms with Crippen LogP contribution in [0.15, 0.2) is 12.4 Å². The van der Waals surface area contributed by atoms with Gasteiger partial charge in [0.15, 0.2) is 0 Å². The number of rotatable bonds is 3. The second kappa shape index (κ2) is 3.88. The number of nitrogens with zero attached hydrogens (tertiary/aromatic N) is 2. The smallest absolute Gasteiger partial charge is 0.126 e. The van der Waals surface area contributed by atoms with Crippen LogP contribution in [0.1, 0.15) is 12.1 Å². The largest absolute Gasteiger partial charge is 0.384 e. The van der Waals surface area contributed by atoms with E-state index in [2.05, 4.69) is 9.97 Å². The van der Waals surface area contributed by atoms with E-state index < -0.39 is 0 Å². The summed E-state index contributed by atoms with van der Waals surface area (Å²) < 4.78 is 0. The summed E-state index contributed by atoms with van der Waals surface area (Å²) in [6.07, 6.45) is 3.29. The summed E-state index contributed by atoms with van der Waals surface area (Å²) in [6, 6.07) is 1.77. The van der Waals surface area contributed by atoms with Crippen LogP contribution < -0.4 is 11.5 Å². The van der Waals surface area contributed by atoms with Gasteiger partial charge in [-0.3, -0.25) is 0 Å². The first kappa shape index (κ1) is 7.94. The first-order valence-electron chi connectivity index (χ1n) is 3.59. The van der Waals surface area contributed by atoms with Crippen LogP contribution in [0.3, 0.4) is 0 Å². The summed E-state index contributed by atoms with van der Waals surface area (Å²) in [5, 5.41) is 0. The molecule has 60 valence electrons. The molecular weight excluding hydrogens is 140 g/mol. The van der Waals surface area contributed by atoms with Gasteiger partial charge in [0.05, 0.1) is 0 Å². The highest BCUT2D eigenvalue weighted by Crippen LogP contribution is 2.00. The van der Waals surface area contributed by atoms with Gasteiger partial charge in [-0.2, -0.15) is 0 Å². The average Bonchev–Trinajstić information content (AvgIpc) is 2.01. The third-order valence-electron chi connectivity index (χ3n) is 1.38. The van der Waals surface area contributed by atoms with E-state index in [1.807, 2.05) is 0 Å². The standard InChI is InChI=1S/C7H12N4/c8-3-1-2-6-4-7(9)11-5-10-6/h4-5H,1-3,8H2,(H2,9,10,11). The van der Waals surface area contributed by atoms with Crippen molar-refractivity contribution in [1.82, 2.24) is 9.97 Å². The maximum Gasteiger partial charge on any atom is 0.126 e. The molecule has 0 aliphatic carbocycles. The molecule has 0 unspecified atom stereocenters. The third-order valence-corrected chi connectivity index (χ3v) is 1.38. The second-order valence-electron chi connectivity index (χ2n) is 2.33. The molecule has 4 N–H and O–H groups in total. The number of aryl methyl sites for hydroxylation is 1. The van der Waals surface area contributed by atoms with E-state index in [0.29, 0.717) is 12.4 Å². The second-order valence-corrected chi connectivity index (χ2v) is 2.33. The maximum atomic E-state index is 5.45. The van der Waals surface area contributed by atoms with Gasteiger partial charge >= 0.3 is 0 Å². The van der Waals surface area contributed by atoms with E-state index in [9.17, 15) is 0 Å². The van der Waals surface area contributed by atoms with E-state index in [-0.39, 0.29) is 0 Å². The zero-order valence-electron chi connectivity index (χ0n) is 6.33. The molecule has 11 heavy (non-hydrogen) atoms. The average molecular weight is 152 g/mol. The van der Waals surface area contributed by atoms with Crippen molar-refractivity contribution in [2.24, 2.45) is 5.73 Å². The summed E-state index contributed by atoms with van der Waals surface area (Å²) in [5.74, 6) is 0.520. The Morgan fingerprint density at radius 3 is 2.82 bits per heavy atom. The van der Waals surface area contributed by atoms with E-state index >= 15 is 0 Å². The molecule has 0 amide bonds. The molecule has 0 saturated carbocycles. The van der Waals surface area contributed by atoms with Crippen molar-refractivity contribution >= 4 is 5.82 Å². The Morgan fingerprint density at radius 1 is 1.36 bits per heavy atom. The Labute approximate surface area is 65.6 Å². The van der Waals surface area contributed by atoms with Gasteiger partial charge in [0.1, 0.15) is 12.1 Å². The fraction of sp³-hybridized carbons (Fsp3) is 0.429. The van der Waals surface area contributed by atoms with Crippen LogP contribution in [0.5, 0.6) is 0 Å². The van der Waals surface area contributed by atoms with E-state index in [4.69, 9.17) is 11.5 Å². The van der Waals surface area contributed by atoms with Gasteiger partial charge in [0.25, 0.3) is 0 Å². The van der Waals surface area contributed by atoms with Gasteiger partial charge < -0.3 is 11.5 Å². The van der Waals surface area contributed by atoms with Crippen molar-refractivity contribution in [2.75, 3.05) is 12.3 Å². The minimum absolute atomic E-state index is 0.520. The highest BCUT2D eigenvalue weighted by molar-refractivity contribution is 5.27. The summed E-state index contributed by atoms with van der Waals surface area (Å²) in [6.45, 7) is 0.684. The molecule has 1 heterocycles. The topological polar surface area (TPSA) is 77.8 Å². The maximum absolute atomic E-state index is 5.45. The first-order valence-corrected chi connectivity index (χ1v) is 3.59. The van der Waals surface area contributed by atoms with Crippen LogP contribution in [0, 0.1) is 0 Å². The summed E-state index contributed by atoms with van der Waals surface area (Å²) in [7, 11) is 0. The number of nitrogen functional groups attached to an aromatic ring is 1. The molecule has 0 radical (unpaired) electrons. The van der Waals surface area contributed by atoms with Crippen molar-refractivity contribution < 1.29 is 0 Å². The minimum Gasteiger partial charge on any atom is -0.384 e. The molecule has 0 spiro atoms. The van der Waals surface area contributed by atoms with Crippen LogP contribution in [0.25, 0.3) is 0 Å². The normalized spacial score (nSPS) is 9.91. The number of aromatic nitrogens is 2. The Hall–Kier alpha value is -1.16. The highest BCUT2D eigenvalue weighted by Gasteiger charge is 1.93. The molecule has 1 aromatic rings. The molecule has 0 saturated heterocycles. The van der Waals surface area contributed by atoms with Gasteiger partial charge in [0.2, 0.25) is 0 Å².